The fourth-order valence-corrected chi connectivity index (χ4v) is 2.91. The quantitative estimate of drug-likeness (QED) is 0.397. The summed E-state index contributed by atoms with van der Waals surface area (Å²) in [5, 5.41) is 6.02. The lowest BCUT2D eigenvalue weighted by Gasteiger charge is -2.24. The number of aromatic nitrogens is 1. The topological polar surface area (TPSA) is 116 Å². The zero-order chi connectivity index (χ0) is 21.0. The average molecular weight is 399 g/mol. The lowest BCUT2D eigenvalue weighted by molar-refractivity contribution is 0.0975. The van der Waals surface area contributed by atoms with E-state index >= 15 is 0 Å². The standard InChI is InChI=1S/C20H26FN7O/c1-20(2,3)26-19(25-18(29)13-8-9-23-16(22)10-13)24-17-11-15(27-28-17)12-4-6-14(21)7-5-12/h4-10,15,17,27-28H,11H2,1-3H3,(H2,22,23)(H2,24,25,26,29). The summed E-state index contributed by atoms with van der Waals surface area (Å²) in [5.41, 5.74) is 13.0. The van der Waals surface area contributed by atoms with Crippen LogP contribution in [0, 0.1) is 5.82 Å². The Hall–Kier alpha value is -3.04. The zero-order valence-electron chi connectivity index (χ0n) is 16.7. The first kappa shape index (κ1) is 20.7. The predicted octanol–water partition coefficient (Wildman–Crippen LogP) is 1.84. The van der Waals surface area contributed by atoms with E-state index in [1.54, 1.807) is 18.2 Å². The van der Waals surface area contributed by atoms with E-state index in [0.717, 1.165) is 5.56 Å². The number of carbonyl (C=O) groups excluding carboxylic acids is 1. The van der Waals surface area contributed by atoms with Gasteiger partial charge in [0.2, 0.25) is 0 Å². The van der Waals surface area contributed by atoms with E-state index in [4.69, 9.17) is 5.73 Å². The van der Waals surface area contributed by atoms with Crippen LogP contribution in [-0.2, 0) is 0 Å². The molecule has 1 aromatic heterocycles. The fourth-order valence-electron chi connectivity index (χ4n) is 2.91. The minimum atomic E-state index is -0.337. The van der Waals surface area contributed by atoms with Gasteiger partial charge in [0, 0.05) is 29.8 Å². The molecule has 2 unspecified atom stereocenters. The van der Waals surface area contributed by atoms with Gasteiger partial charge in [0.25, 0.3) is 5.91 Å². The second-order valence-corrected chi connectivity index (χ2v) is 7.92. The molecule has 1 amide bonds. The van der Waals surface area contributed by atoms with E-state index in [-0.39, 0.29) is 35.3 Å². The number of nitrogen functional groups attached to an aromatic ring is 1. The Morgan fingerprint density at radius 1 is 1.24 bits per heavy atom. The van der Waals surface area contributed by atoms with Crippen molar-refractivity contribution in [2.45, 2.75) is 44.9 Å². The van der Waals surface area contributed by atoms with E-state index < -0.39 is 0 Å². The van der Waals surface area contributed by atoms with Crippen molar-refractivity contribution in [1.82, 2.24) is 26.5 Å². The van der Waals surface area contributed by atoms with Crippen LogP contribution in [-0.4, -0.2) is 28.6 Å². The number of hydrogen-bond donors (Lipinski definition) is 5. The molecule has 2 heterocycles. The third-order valence-electron chi connectivity index (χ3n) is 4.21. The van der Waals surface area contributed by atoms with Gasteiger partial charge in [-0.3, -0.25) is 10.1 Å². The molecule has 1 fully saturated rings. The molecule has 0 radical (unpaired) electrons. The Kier molecular flexibility index (Phi) is 6.09. The Labute approximate surface area is 169 Å². The number of nitrogens with zero attached hydrogens (tertiary/aromatic N) is 2. The summed E-state index contributed by atoms with van der Waals surface area (Å²) in [6, 6.07) is 9.41. The highest BCUT2D eigenvalue weighted by atomic mass is 19.1. The monoisotopic (exact) mass is 399 g/mol. The van der Waals surface area contributed by atoms with Crippen LogP contribution in [0.15, 0.2) is 47.6 Å². The maximum Gasteiger partial charge on any atom is 0.258 e. The summed E-state index contributed by atoms with van der Waals surface area (Å²) in [6.45, 7) is 5.92. The number of amides is 1. The van der Waals surface area contributed by atoms with Crippen molar-refractivity contribution < 1.29 is 9.18 Å². The van der Waals surface area contributed by atoms with Crippen molar-refractivity contribution in [3.05, 3.63) is 59.5 Å². The average Bonchev–Trinajstić information content (AvgIpc) is 3.09. The van der Waals surface area contributed by atoms with Crippen LogP contribution in [0.2, 0.25) is 0 Å². The molecule has 1 aromatic carbocycles. The summed E-state index contributed by atoms with van der Waals surface area (Å²) in [7, 11) is 0. The Bertz CT molecular complexity index is 892. The SMILES string of the molecule is CC(C)(C)NC(=NC1CC(c2ccc(F)cc2)NN1)NC(=O)c1ccnc(N)c1. The molecule has 9 heteroatoms. The van der Waals surface area contributed by atoms with Crippen LogP contribution in [0.25, 0.3) is 0 Å². The minimum Gasteiger partial charge on any atom is -0.384 e. The molecule has 3 rings (SSSR count). The van der Waals surface area contributed by atoms with Gasteiger partial charge in [-0.25, -0.2) is 25.2 Å². The number of aliphatic imine (C=N–C) groups is 1. The van der Waals surface area contributed by atoms with Gasteiger partial charge < -0.3 is 11.1 Å². The van der Waals surface area contributed by atoms with Gasteiger partial charge in [0.1, 0.15) is 17.8 Å². The second kappa shape index (κ2) is 8.54. The number of anilines is 1. The molecule has 8 nitrogen and oxygen atoms in total. The van der Waals surface area contributed by atoms with Crippen LogP contribution < -0.4 is 27.2 Å². The first-order chi connectivity index (χ1) is 13.7. The summed E-state index contributed by atoms with van der Waals surface area (Å²) in [5.74, 6) is 0.00157. The van der Waals surface area contributed by atoms with Crippen LogP contribution in [0.5, 0.6) is 0 Å². The normalized spacial score (nSPS) is 19.8. The summed E-state index contributed by atoms with van der Waals surface area (Å²) >= 11 is 0. The number of rotatable bonds is 3. The number of guanidine groups is 1. The highest BCUT2D eigenvalue weighted by Crippen LogP contribution is 2.23. The molecule has 0 spiro atoms. The summed E-state index contributed by atoms with van der Waals surface area (Å²) in [6.07, 6.45) is 1.84. The molecule has 2 atom stereocenters. The maximum absolute atomic E-state index is 13.1. The number of nitrogens with one attached hydrogen (secondary N) is 4. The van der Waals surface area contributed by atoms with E-state index in [1.165, 1.54) is 24.4 Å². The van der Waals surface area contributed by atoms with E-state index in [9.17, 15) is 9.18 Å². The summed E-state index contributed by atoms with van der Waals surface area (Å²) in [4.78, 5) is 21.1. The van der Waals surface area contributed by atoms with Crippen LogP contribution in [0.3, 0.4) is 0 Å². The zero-order valence-corrected chi connectivity index (χ0v) is 16.7. The molecule has 0 saturated carbocycles. The molecule has 6 N–H and O–H groups in total. The van der Waals surface area contributed by atoms with Crippen LogP contribution in [0.4, 0.5) is 10.2 Å². The second-order valence-electron chi connectivity index (χ2n) is 7.92. The van der Waals surface area contributed by atoms with Crippen LogP contribution in [0.1, 0.15) is 49.2 Å². The molecule has 0 aliphatic carbocycles. The predicted molar refractivity (Wildman–Crippen MR) is 110 cm³/mol. The first-order valence-electron chi connectivity index (χ1n) is 9.35. The molecule has 154 valence electrons. The minimum absolute atomic E-state index is 0.0177. The van der Waals surface area contributed by atoms with Crippen molar-refractivity contribution in [1.29, 1.82) is 0 Å². The Morgan fingerprint density at radius 2 is 1.97 bits per heavy atom. The Morgan fingerprint density at radius 3 is 2.62 bits per heavy atom. The van der Waals surface area contributed by atoms with Crippen molar-refractivity contribution in [2.75, 3.05) is 5.73 Å². The number of halogens is 1. The van der Waals surface area contributed by atoms with Gasteiger partial charge in [0.05, 0.1) is 0 Å². The molecule has 1 aliphatic rings. The van der Waals surface area contributed by atoms with Gasteiger partial charge in [-0.1, -0.05) is 12.1 Å². The molecular formula is C20H26FN7O. The number of pyridine rings is 1. The van der Waals surface area contributed by atoms with Crippen molar-refractivity contribution in [2.24, 2.45) is 4.99 Å². The van der Waals surface area contributed by atoms with Crippen LogP contribution >= 0.6 is 0 Å². The molecular weight excluding hydrogens is 373 g/mol. The largest absolute Gasteiger partial charge is 0.384 e. The maximum atomic E-state index is 13.1. The molecule has 1 aliphatic heterocycles. The number of benzene rings is 1. The van der Waals surface area contributed by atoms with Crippen molar-refractivity contribution in [3.63, 3.8) is 0 Å². The summed E-state index contributed by atoms with van der Waals surface area (Å²) < 4.78 is 13.1. The van der Waals surface area contributed by atoms with Gasteiger partial charge in [-0.2, -0.15) is 0 Å². The van der Waals surface area contributed by atoms with Crippen molar-refractivity contribution in [3.8, 4) is 0 Å². The van der Waals surface area contributed by atoms with E-state index in [2.05, 4.69) is 31.5 Å². The third-order valence-corrected chi connectivity index (χ3v) is 4.21. The fraction of sp³-hybridized carbons (Fsp3) is 0.350. The number of nitrogens with two attached hydrogens (primary N) is 1. The van der Waals surface area contributed by atoms with Gasteiger partial charge in [-0.15, -0.1) is 0 Å². The number of carbonyl (C=O) groups is 1. The smallest absolute Gasteiger partial charge is 0.258 e. The van der Waals surface area contributed by atoms with E-state index in [1.807, 2.05) is 20.8 Å². The lowest BCUT2D eigenvalue weighted by Crippen LogP contribution is -2.50. The molecule has 29 heavy (non-hydrogen) atoms. The third kappa shape index (κ3) is 5.97. The first-order valence-corrected chi connectivity index (χ1v) is 9.35. The Balaban J connectivity index is 1.73. The van der Waals surface area contributed by atoms with Gasteiger partial charge >= 0.3 is 0 Å². The van der Waals surface area contributed by atoms with Crippen molar-refractivity contribution >= 4 is 17.7 Å². The van der Waals surface area contributed by atoms with Gasteiger partial charge in [0.15, 0.2) is 5.96 Å². The number of hydrazine groups is 1. The highest BCUT2D eigenvalue weighted by molar-refractivity contribution is 6.06. The van der Waals surface area contributed by atoms with Gasteiger partial charge in [-0.05, 0) is 50.6 Å². The molecule has 2 aromatic rings. The number of hydrogen-bond acceptors (Lipinski definition) is 6. The lowest BCUT2D eigenvalue weighted by atomic mass is 10.0. The molecule has 0 bridgehead atoms. The molecule has 1 saturated heterocycles. The van der Waals surface area contributed by atoms with E-state index in [0.29, 0.717) is 17.9 Å². The highest BCUT2D eigenvalue weighted by Gasteiger charge is 2.26.